The molecule has 5 heteroatoms. The van der Waals surface area contributed by atoms with Crippen LogP contribution in [0.4, 0.5) is 0 Å². The van der Waals surface area contributed by atoms with Gasteiger partial charge in [0.1, 0.15) is 6.04 Å². The highest BCUT2D eigenvalue weighted by molar-refractivity contribution is 7.10. The summed E-state index contributed by atoms with van der Waals surface area (Å²) in [4.78, 5) is 28.3. The minimum Gasteiger partial charge on any atom is -0.350 e. The summed E-state index contributed by atoms with van der Waals surface area (Å²) in [6, 6.07) is 21.8. The largest absolute Gasteiger partial charge is 0.350 e. The Balaban J connectivity index is 1.93. The maximum absolute atomic E-state index is 13.2. The fourth-order valence-electron chi connectivity index (χ4n) is 3.20. The summed E-state index contributed by atoms with van der Waals surface area (Å²) in [5.74, 6) is 1.42. The molecule has 0 aliphatic carbocycles. The van der Waals surface area contributed by atoms with Crippen molar-refractivity contribution < 1.29 is 9.59 Å². The average molecular weight is 403 g/mol. The highest BCUT2D eigenvalue weighted by Crippen LogP contribution is 2.33. The van der Waals surface area contributed by atoms with Crippen molar-refractivity contribution in [3.8, 4) is 12.3 Å². The molecule has 29 heavy (non-hydrogen) atoms. The van der Waals surface area contributed by atoms with Gasteiger partial charge in [0.2, 0.25) is 5.91 Å². The predicted octanol–water partition coefficient (Wildman–Crippen LogP) is 4.33. The Morgan fingerprint density at radius 3 is 2.28 bits per heavy atom. The maximum atomic E-state index is 13.2. The summed E-state index contributed by atoms with van der Waals surface area (Å²) in [6.45, 7) is 2.26. The molecule has 0 saturated carbocycles. The molecule has 0 fully saturated rings. The van der Waals surface area contributed by atoms with Gasteiger partial charge in [-0.05, 0) is 35.4 Å². The first kappa shape index (κ1) is 20.4. The summed E-state index contributed by atoms with van der Waals surface area (Å²) in [5, 5.41) is 4.85. The van der Waals surface area contributed by atoms with Crippen LogP contribution in [0.3, 0.4) is 0 Å². The molecule has 1 unspecified atom stereocenters. The zero-order chi connectivity index (χ0) is 20.6. The number of nitrogens with zero attached hydrogens (tertiary/aromatic N) is 1. The first-order valence-corrected chi connectivity index (χ1v) is 10.2. The highest BCUT2D eigenvalue weighted by atomic mass is 32.1. The molecule has 4 nitrogen and oxygen atoms in total. The third-order valence-electron chi connectivity index (χ3n) is 4.71. The Kier molecular flexibility index (Phi) is 6.83. The normalized spacial score (nSPS) is 12.4. The molecule has 3 aromatic rings. The molecule has 0 saturated heterocycles. The van der Waals surface area contributed by atoms with Crippen LogP contribution in [0.25, 0.3) is 0 Å². The van der Waals surface area contributed by atoms with E-state index < -0.39 is 11.9 Å². The van der Waals surface area contributed by atoms with Crippen LogP contribution in [-0.2, 0) is 16.1 Å². The van der Waals surface area contributed by atoms with Gasteiger partial charge >= 0.3 is 0 Å². The summed E-state index contributed by atoms with van der Waals surface area (Å²) < 4.78 is 0. The smallest absolute Gasteiger partial charge is 0.299 e. The third kappa shape index (κ3) is 4.92. The minimum absolute atomic E-state index is 0.261. The lowest BCUT2D eigenvalue weighted by molar-refractivity contribution is -0.139. The molecule has 0 bridgehead atoms. The molecular weight excluding hydrogens is 380 g/mol. The number of terminal acetylenes is 1. The van der Waals surface area contributed by atoms with Crippen molar-refractivity contribution in [3.05, 3.63) is 94.2 Å². The molecular formula is C24H22N2O2S. The second-order valence-electron chi connectivity index (χ2n) is 6.56. The first-order valence-electron chi connectivity index (χ1n) is 9.30. The second kappa shape index (κ2) is 9.72. The van der Waals surface area contributed by atoms with Gasteiger partial charge in [-0.1, -0.05) is 66.7 Å². The van der Waals surface area contributed by atoms with Gasteiger partial charge in [-0.2, -0.15) is 0 Å². The van der Waals surface area contributed by atoms with E-state index in [2.05, 4.69) is 11.2 Å². The maximum Gasteiger partial charge on any atom is 0.299 e. The van der Waals surface area contributed by atoms with Gasteiger partial charge in [-0.15, -0.1) is 17.8 Å². The van der Waals surface area contributed by atoms with Crippen LogP contribution in [0.1, 0.15) is 35.0 Å². The molecule has 1 N–H and O–H groups in total. The monoisotopic (exact) mass is 402 g/mol. The van der Waals surface area contributed by atoms with Gasteiger partial charge < -0.3 is 10.2 Å². The van der Waals surface area contributed by atoms with Crippen molar-refractivity contribution in [2.45, 2.75) is 25.6 Å². The van der Waals surface area contributed by atoms with E-state index in [1.54, 1.807) is 0 Å². The summed E-state index contributed by atoms with van der Waals surface area (Å²) >= 11 is 1.43. The van der Waals surface area contributed by atoms with E-state index in [0.717, 1.165) is 16.0 Å². The van der Waals surface area contributed by atoms with Crippen LogP contribution in [-0.4, -0.2) is 16.7 Å². The Bertz CT molecular complexity index is 979. The van der Waals surface area contributed by atoms with Crippen molar-refractivity contribution >= 4 is 23.2 Å². The highest BCUT2D eigenvalue weighted by Gasteiger charge is 2.35. The summed E-state index contributed by atoms with van der Waals surface area (Å²) in [7, 11) is 0. The van der Waals surface area contributed by atoms with Crippen LogP contribution < -0.4 is 5.32 Å². The van der Waals surface area contributed by atoms with Crippen molar-refractivity contribution in [1.29, 1.82) is 0 Å². The molecule has 0 spiro atoms. The molecule has 0 radical (unpaired) electrons. The zero-order valence-corrected chi connectivity index (χ0v) is 16.9. The second-order valence-corrected chi connectivity index (χ2v) is 7.54. The number of carbonyl (C=O) groups is 2. The number of hydrogen-bond acceptors (Lipinski definition) is 3. The summed E-state index contributed by atoms with van der Waals surface area (Å²) in [6.07, 6.45) is 5.48. The lowest BCUT2D eigenvalue weighted by Gasteiger charge is -2.34. The molecule has 0 aliphatic rings. The van der Waals surface area contributed by atoms with Gasteiger partial charge in [-0.3, -0.25) is 9.59 Å². The van der Waals surface area contributed by atoms with E-state index in [9.17, 15) is 9.59 Å². The minimum atomic E-state index is -0.808. The van der Waals surface area contributed by atoms with Crippen molar-refractivity contribution in [1.82, 2.24) is 10.2 Å². The number of rotatable bonds is 7. The zero-order valence-electron chi connectivity index (χ0n) is 16.1. The number of benzene rings is 2. The van der Waals surface area contributed by atoms with E-state index in [4.69, 9.17) is 6.42 Å². The van der Waals surface area contributed by atoms with Gasteiger partial charge in [0.25, 0.3) is 5.91 Å². The molecule has 1 aromatic heterocycles. The van der Waals surface area contributed by atoms with Crippen molar-refractivity contribution in [2.24, 2.45) is 0 Å². The van der Waals surface area contributed by atoms with Crippen molar-refractivity contribution in [2.75, 3.05) is 0 Å². The molecule has 2 atom stereocenters. The van der Waals surface area contributed by atoms with Crippen LogP contribution in [0.15, 0.2) is 78.2 Å². The van der Waals surface area contributed by atoms with Gasteiger partial charge in [0.05, 0.1) is 6.04 Å². The SMILES string of the molecule is C#CC(=O)N(C(C(=O)NCc1ccccc1)c1cccs1)[C@H](C)c1ccccc1. The molecule has 1 heterocycles. The Labute approximate surface area is 175 Å². The Morgan fingerprint density at radius 2 is 1.69 bits per heavy atom. The van der Waals surface area contributed by atoms with Gasteiger partial charge in [0, 0.05) is 11.4 Å². The van der Waals surface area contributed by atoms with Crippen LogP contribution in [0.5, 0.6) is 0 Å². The molecule has 2 amide bonds. The molecule has 3 rings (SSSR count). The van der Waals surface area contributed by atoms with Crippen molar-refractivity contribution in [3.63, 3.8) is 0 Å². The molecule has 146 valence electrons. The fraction of sp³-hybridized carbons (Fsp3) is 0.167. The fourth-order valence-corrected chi connectivity index (χ4v) is 4.03. The number of amides is 2. The number of carbonyl (C=O) groups excluding carboxylic acids is 2. The van der Waals surface area contributed by atoms with E-state index >= 15 is 0 Å². The van der Waals surface area contributed by atoms with Gasteiger partial charge in [-0.25, -0.2) is 0 Å². The Hall–Kier alpha value is -3.36. The van der Waals surface area contributed by atoms with Crippen LogP contribution >= 0.6 is 11.3 Å². The number of nitrogens with one attached hydrogen (secondary N) is 1. The first-order chi connectivity index (χ1) is 14.1. The van der Waals surface area contributed by atoms with E-state index in [1.165, 1.54) is 16.2 Å². The van der Waals surface area contributed by atoms with E-state index in [0.29, 0.717) is 6.54 Å². The number of hydrogen-bond donors (Lipinski definition) is 1. The van der Waals surface area contributed by atoms with E-state index in [1.807, 2.05) is 85.1 Å². The van der Waals surface area contributed by atoms with Gasteiger partial charge in [0.15, 0.2) is 0 Å². The predicted molar refractivity (Wildman–Crippen MR) is 116 cm³/mol. The molecule has 2 aromatic carbocycles. The standard InChI is InChI=1S/C24H22N2O2S/c1-3-22(27)26(18(2)20-13-8-5-9-14-20)23(21-15-10-16-29-21)24(28)25-17-19-11-6-4-7-12-19/h1,4-16,18,23H,17H2,2H3,(H,25,28)/t18-,23?/m1/s1. The van der Waals surface area contributed by atoms with Crippen LogP contribution in [0, 0.1) is 12.3 Å². The van der Waals surface area contributed by atoms with E-state index in [-0.39, 0.29) is 11.9 Å². The Morgan fingerprint density at radius 1 is 1.03 bits per heavy atom. The lowest BCUT2D eigenvalue weighted by Crippen LogP contribution is -2.44. The lowest BCUT2D eigenvalue weighted by atomic mass is 10.0. The molecule has 0 aliphatic heterocycles. The average Bonchev–Trinajstić information content (AvgIpc) is 3.30. The number of thiophene rings is 1. The third-order valence-corrected chi connectivity index (χ3v) is 5.63. The quantitative estimate of drug-likeness (QED) is 0.598. The van der Waals surface area contributed by atoms with Crippen LogP contribution in [0.2, 0.25) is 0 Å². The summed E-state index contributed by atoms with van der Waals surface area (Å²) in [5.41, 5.74) is 1.89. The topological polar surface area (TPSA) is 49.4 Å².